The predicted octanol–water partition coefficient (Wildman–Crippen LogP) is 1.02. The first-order valence-electron chi connectivity index (χ1n) is 5.79. The average molecular weight is 287 g/mol. The molecule has 6 nitrogen and oxygen atoms in total. The maximum Gasteiger partial charge on any atom is 0.209 e. The van der Waals surface area contributed by atoms with Crippen LogP contribution in [0.4, 0.5) is 11.4 Å². The van der Waals surface area contributed by atoms with Crippen molar-refractivity contribution < 1.29 is 13.2 Å². The zero-order valence-electron chi connectivity index (χ0n) is 11.6. The topological polar surface area (TPSA) is 93.4 Å². The minimum atomic E-state index is -3.26. The Morgan fingerprint density at radius 1 is 1.37 bits per heavy atom. The maximum atomic E-state index is 11.2. The molecule has 0 heterocycles. The fourth-order valence-electron chi connectivity index (χ4n) is 1.67. The molecule has 0 saturated carbocycles. The molecule has 19 heavy (non-hydrogen) atoms. The molecule has 0 aliphatic heterocycles. The summed E-state index contributed by atoms with van der Waals surface area (Å²) < 4.78 is 30.2. The summed E-state index contributed by atoms with van der Waals surface area (Å²) in [6.45, 7) is 3.98. The van der Waals surface area contributed by atoms with Gasteiger partial charge in [-0.1, -0.05) is 0 Å². The fourth-order valence-corrected chi connectivity index (χ4v) is 2.75. The van der Waals surface area contributed by atoms with E-state index in [-0.39, 0.29) is 0 Å². The van der Waals surface area contributed by atoms with E-state index in [4.69, 9.17) is 10.5 Å². The lowest BCUT2D eigenvalue weighted by Crippen LogP contribution is -2.47. The lowest BCUT2D eigenvalue weighted by molar-refractivity contribution is 0.415. The molecule has 1 rings (SSSR count). The molecule has 1 aromatic rings. The summed E-state index contributed by atoms with van der Waals surface area (Å²) in [6, 6.07) is 5.27. The Morgan fingerprint density at radius 2 is 2.00 bits per heavy atom. The Morgan fingerprint density at radius 3 is 2.53 bits per heavy atom. The summed E-state index contributed by atoms with van der Waals surface area (Å²) in [6.07, 6.45) is 1.13. The molecule has 108 valence electrons. The van der Waals surface area contributed by atoms with Gasteiger partial charge in [0.1, 0.15) is 5.75 Å². The summed E-state index contributed by atoms with van der Waals surface area (Å²) in [4.78, 5) is 0. The summed E-state index contributed by atoms with van der Waals surface area (Å²) in [5, 5.41) is 3.12. The number of hydrogen-bond donors (Lipinski definition) is 3. The SMILES string of the molecule is COc1ccc(N)c(NCC(C)(C)NS(C)(=O)=O)c1. The van der Waals surface area contributed by atoms with Gasteiger partial charge in [-0.2, -0.15) is 0 Å². The van der Waals surface area contributed by atoms with Gasteiger partial charge in [0.2, 0.25) is 10.0 Å². The molecule has 0 aromatic heterocycles. The summed E-state index contributed by atoms with van der Waals surface area (Å²) >= 11 is 0. The van der Waals surface area contributed by atoms with Crippen LogP contribution in [0, 0.1) is 0 Å². The number of nitrogen functional groups attached to an aromatic ring is 1. The Bertz CT molecular complexity index is 541. The van der Waals surface area contributed by atoms with Gasteiger partial charge in [0, 0.05) is 18.2 Å². The van der Waals surface area contributed by atoms with E-state index in [0.717, 1.165) is 6.26 Å². The predicted molar refractivity (Wildman–Crippen MR) is 78.0 cm³/mol. The monoisotopic (exact) mass is 287 g/mol. The van der Waals surface area contributed by atoms with Gasteiger partial charge in [-0.15, -0.1) is 0 Å². The molecule has 0 radical (unpaired) electrons. The van der Waals surface area contributed by atoms with Crippen LogP contribution in [0.15, 0.2) is 18.2 Å². The highest BCUT2D eigenvalue weighted by Crippen LogP contribution is 2.24. The van der Waals surface area contributed by atoms with E-state index in [0.29, 0.717) is 23.7 Å². The average Bonchev–Trinajstić information content (AvgIpc) is 2.25. The highest BCUT2D eigenvalue weighted by molar-refractivity contribution is 7.88. The Kier molecular flexibility index (Phi) is 4.65. The molecule has 0 fully saturated rings. The van der Waals surface area contributed by atoms with E-state index in [1.807, 2.05) is 0 Å². The molecule has 0 bridgehead atoms. The second kappa shape index (κ2) is 5.66. The van der Waals surface area contributed by atoms with Crippen LogP contribution < -0.4 is 20.5 Å². The van der Waals surface area contributed by atoms with E-state index < -0.39 is 15.6 Å². The second-order valence-electron chi connectivity index (χ2n) is 5.06. The van der Waals surface area contributed by atoms with Crippen LogP contribution in [0.25, 0.3) is 0 Å². The van der Waals surface area contributed by atoms with Gasteiger partial charge in [0.05, 0.1) is 24.7 Å². The van der Waals surface area contributed by atoms with Gasteiger partial charge in [-0.05, 0) is 26.0 Å². The maximum absolute atomic E-state index is 11.2. The van der Waals surface area contributed by atoms with E-state index in [2.05, 4.69) is 10.0 Å². The molecule has 0 unspecified atom stereocenters. The first kappa shape index (κ1) is 15.6. The van der Waals surface area contributed by atoms with Crippen LogP contribution in [-0.4, -0.2) is 33.9 Å². The molecule has 0 atom stereocenters. The zero-order chi connectivity index (χ0) is 14.7. The lowest BCUT2D eigenvalue weighted by Gasteiger charge is -2.26. The van der Waals surface area contributed by atoms with Crippen molar-refractivity contribution in [2.24, 2.45) is 0 Å². The van der Waals surface area contributed by atoms with Crippen molar-refractivity contribution in [2.45, 2.75) is 19.4 Å². The molecule has 0 amide bonds. The van der Waals surface area contributed by atoms with Gasteiger partial charge >= 0.3 is 0 Å². The number of benzene rings is 1. The third-order valence-corrected chi connectivity index (χ3v) is 3.37. The van der Waals surface area contributed by atoms with Crippen molar-refractivity contribution in [2.75, 3.05) is 31.0 Å². The van der Waals surface area contributed by atoms with Crippen LogP contribution in [0.3, 0.4) is 0 Å². The zero-order valence-corrected chi connectivity index (χ0v) is 12.5. The number of hydrogen-bond acceptors (Lipinski definition) is 5. The largest absolute Gasteiger partial charge is 0.497 e. The molecule has 1 aromatic carbocycles. The van der Waals surface area contributed by atoms with Gasteiger partial charge in [-0.25, -0.2) is 13.1 Å². The minimum absolute atomic E-state index is 0.400. The minimum Gasteiger partial charge on any atom is -0.497 e. The summed E-state index contributed by atoms with van der Waals surface area (Å²) in [7, 11) is -1.68. The number of ether oxygens (including phenoxy) is 1. The fraction of sp³-hybridized carbons (Fsp3) is 0.500. The number of rotatable bonds is 6. The van der Waals surface area contributed by atoms with Crippen LogP contribution in [-0.2, 0) is 10.0 Å². The third-order valence-electron chi connectivity index (χ3n) is 2.44. The van der Waals surface area contributed by atoms with Gasteiger partial charge in [-0.3, -0.25) is 0 Å². The molecule has 4 N–H and O–H groups in total. The summed E-state index contributed by atoms with van der Waals surface area (Å²) in [5.41, 5.74) is 6.51. The normalized spacial score (nSPS) is 12.2. The molecular formula is C12H21N3O3S. The lowest BCUT2D eigenvalue weighted by atomic mass is 10.1. The quantitative estimate of drug-likeness (QED) is 0.679. The van der Waals surface area contributed by atoms with Crippen molar-refractivity contribution in [1.29, 1.82) is 0 Å². The van der Waals surface area contributed by atoms with Crippen LogP contribution in [0.2, 0.25) is 0 Å². The Balaban J connectivity index is 2.76. The van der Waals surface area contributed by atoms with E-state index >= 15 is 0 Å². The molecule has 0 aliphatic carbocycles. The van der Waals surface area contributed by atoms with Gasteiger partial charge in [0.15, 0.2) is 0 Å². The summed E-state index contributed by atoms with van der Waals surface area (Å²) in [5.74, 6) is 0.686. The smallest absolute Gasteiger partial charge is 0.209 e. The number of nitrogens with one attached hydrogen (secondary N) is 2. The number of anilines is 2. The van der Waals surface area contributed by atoms with E-state index in [1.165, 1.54) is 0 Å². The van der Waals surface area contributed by atoms with Crippen LogP contribution >= 0.6 is 0 Å². The van der Waals surface area contributed by atoms with Crippen LogP contribution in [0.5, 0.6) is 5.75 Å². The van der Waals surface area contributed by atoms with Crippen molar-refractivity contribution in [3.8, 4) is 5.75 Å². The van der Waals surface area contributed by atoms with Crippen molar-refractivity contribution in [1.82, 2.24) is 4.72 Å². The van der Waals surface area contributed by atoms with Crippen LogP contribution in [0.1, 0.15) is 13.8 Å². The molecule has 7 heteroatoms. The van der Waals surface area contributed by atoms with Crippen molar-refractivity contribution in [3.63, 3.8) is 0 Å². The van der Waals surface area contributed by atoms with Crippen molar-refractivity contribution in [3.05, 3.63) is 18.2 Å². The third kappa shape index (κ3) is 5.35. The highest BCUT2D eigenvalue weighted by Gasteiger charge is 2.22. The second-order valence-corrected chi connectivity index (χ2v) is 6.81. The standard InChI is InChI=1S/C12H21N3O3S/c1-12(2,15-19(4,16)17)8-14-11-7-9(18-3)5-6-10(11)13/h5-7,14-15H,8,13H2,1-4H3. The van der Waals surface area contributed by atoms with Gasteiger partial charge < -0.3 is 15.8 Å². The number of sulfonamides is 1. The first-order chi connectivity index (χ1) is 8.63. The molecular weight excluding hydrogens is 266 g/mol. The molecule has 0 spiro atoms. The molecule has 0 aliphatic rings. The Labute approximate surface area is 114 Å². The first-order valence-corrected chi connectivity index (χ1v) is 7.68. The Hall–Kier alpha value is -1.47. The van der Waals surface area contributed by atoms with Gasteiger partial charge in [0.25, 0.3) is 0 Å². The molecule has 0 saturated heterocycles. The number of methoxy groups -OCH3 is 1. The van der Waals surface area contributed by atoms with Crippen molar-refractivity contribution >= 4 is 21.4 Å². The highest BCUT2D eigenvalue weighted by atomic mass is 32.2. The number of nitrogens with two attached hydrogens (primary N) is 1. The van der Waals surface area contributed by atoms with E-state index in [1.54, 1.807) is 39.2 Å². The van der Waals surface area contributed by atoms with E-state index in [9.17, 15) is 8.42 Å².